The van der Waals surface area contributed by atoms with Crippen LogP contribution in [-0.4, -0.2) is 24.2 Å². The van der Waals surface area contributed by atoms with Crippen molar-refractivity contribution in [1.29, 1.82) is 0 Å². The van der Waals surface area contributed by atoms with Crippen molar-refractivity contribution in [2.75, 3.05) is 5.32 Å². The Morgan fingerprint density at radius 2 is 2.33 bits per heavy atom. The first-order valence-corrected chi connectivity index (χ1v) is 6.41. The average Bonchev–Trinajstić information content (AvgIpc) is 2.72. The van der Waals surface area contributed by atoms with Crippen molar-refractivity contribution in [1.82, 2.24) is 0 Å². The second kappa shape index (κ2) is 5.59. The lowest BCUT2D eigenvalue weighted by molar-refractivity contribution is -0.121. The van der Waals surface area contributed by atoms with Crippen LogP contribution in [0.4, 0.5) is 5.69 Å². The van der Waals surface area contributed by atoms with E-state index in [-0.39, 0.29) is 12.2 Å². The minimum Gasteiger partial charge on any atom is -0.373 e. The summed E-state index contributed by atoms with van der Waals surface area (Å²) in [5.41, 5.74) is 6.21. The predicted octanol–water partition coefficient (Wildman–Crippen LogP) is 2.17. The van der Waals surface area contributed by atoms with Crippen LogP contribution in [0.5, 0.6) is 0 Å². The van der Waals surface area contributed by atoms with Gasteiger partial charge in [-0.1, -0.05) is 17.7 Å². The van der Waals surface area contributed by atoms with Crippen LogP contribution in [0, 0.1) is 0 Å². The van der Waals surface area contributed by atoms with E-state index in [1.807, 2.05) is 19.1 Å². The highest BCUT2D eigenvalue weighted by Gasteiger charge is 2.33. The smallest absolute Gasteiger partial charge is 0.242 e. The summed E-state index contributed by atoms with van der Waals surface area (Å²) < 4.78 is 5.69. The molecule has 1 heterocycles. The van der Waals surface area contributed by atoms with Crippen molar-refractivity contribution in [3.8, 4) is 0 Å². The van der Waals surface area contributed by atoms with Crippen LogP contribution in [0.25, 0.3) is 0 Å². The van der Waals surface area contributed by atoms with Gasteiger partial charge in [0.05, 0.1) is 12.2 Å². The number of rotatable bonds is 4. The monoisotopic (exact) mass is 268 g/mol. The molecule has 4 nitrogen and oxygen atoms in total. The molecule has 3 N–H and O–H groups in total. The summed E-state index contributed by atoms with van der Waals surface area (Å²) in [6, 6.07) is 6.69. The van der Waals surface area contributed by atoms with E-state index < -0.39 is 11.9 Å². The van der Waals surface area contributed by atoms with Gasteiger partial charge in [-0.15, -0.1) is 0 Å². The fourth-order valence-corrected chi connectivity index (χ4v) is 2.37. The van der Waals surface area contributed by atoms with E-state index in [4.69, 9.17) is 22.1 Å². The van der Waals surface area contributed by atoms with Gasteiger partial charge in [-0.05, 0) is 38.0 Å². The Balaban J connectivity index is 2.09. The fourth-order valence-electron chi connectivity index (χ4n) is 2.18. The normalized spacial score (nSPS) is 24.8. The van der Waals surface area contributed by atoms with E-state index in [0.29, 0.717) is 5.02 Å². The molecule has 0 aromatic heterocycles. The third-order valence-electron chi connectivity index (χ3n) is 3.09. The summed E-state index contributed by atoms with van der Waals surface area (Å²) in [5.74, 6) is -0.408. The zero-order valence-corrected chi connectivity index (χ0v) is 11.0. The van der Waals surface area contributed by atoms with Gasteiger partial charge in [0.2, 0.25) is 5.91 Å². The molecule has 0 radical (unpaired) electrons. The Kier molecular flexibility index (Phi) is 4.09. The number of carbonyl (C=O) groups excluding carboxylic acids is 1. The Labute approximate surface area is 111 Å². The molecule has 0 saturated carbocycles. The molecule has 1 aliphatic heterocycles. The van der Waals surface area contributed by atoms with Crippen LogP contribution in [0.3, 0.4) is 0 Å². The van der Waals surface area contributed by atoms with E-state index >= 15 is 0 Å². The molecule has 3 unspecified atom stereocenters. The Bertz CT molecular complexity index is 439. The number of hydrogen-bond acceptors (Lipinski definition) is 3. The van der Waals surface area contributed by atoms with Gasteiger partial charge in [-0.25, -0.2) is 0 Å². The zero-order chi connectivity index (χ0) is 13.1. The molecule has 98 valence electrons. The van der Waals surface area contributed by atoms with Gasteiger partial charge in [0.25, 0.3) is 0 Å². The largest absolute Gasteiger partial charge is 0.373 e. The number of nitrogens with two attached hydrogens (primary N) is 1. The van der Waals surface area contributed by atoms with Crippen molar-refractivity contribution in [3.63, 3.8) is 0 Å². The molecule has 1 aliphatic rings. The highest BCUT2D eigenvalue weighted by atomic mass is 35.5. The van der Waals surface area contributed by atoms with Crippen LogP contribution in [0.15, 0.2) is 24.3 Å². The van der Waals surface area contributed by atoms with Crippen molar-refractivity contribution in [3.05, 3.63) is 29.3 Å². The maximum absolute atomic E-state index is 11.5. The molecular weight excluding hydrogens is 252 g/mol. The van der Waals surface area contributed by atoms with Gasteiger partial charge in [-0.3, -0.25) is 4.79 Å². The molecule has 5 heteroatoms. The van der Waals surface area contributed by atoms with Gasteiger partial charge in [0.1, 0.15) is 6.04 Å². The average molecular weight is 269 g/mol. The van der Waals surface area contributed by atoms with Gasteiger partial charge < -0.3 is 15.8 Å². The van der Waals surface area contributed by atoms with Crippen LogP contribution >= 0.6 is 11.6 Å². The standard InChI is InChI=1S/C13H17ClN2O2/c1-8-5-6-11(18-8)12(13(15)17)16-10-4-2-3-9(14)7-10/h2-4,7-8,11-12,16H,5-6H2,1H3,(H2,15,17). The zero-order valence-electron chi connectivity index (χ0n) is 10.2. The van der Waals surface area contributed by atoms with Gasteiger partial charge in [-0.2, -0.15) is 0 Å². The molecule has 0 aliphatic carbocycles. The van der Waals surface area contributed by atoms with Gasteiger partial charge >= 0.3 is 0 Å². The highest BCUT2D eigenvalue weighted by molar-refractivity contribution is 6.30. The first-order valence-electron chi connectivity index (χ1n) is 6.03. The van der Waals surface area contributed by atoms with Gasteiger partial charge in [0, 0.05) is 10.7 Å². The van der Waals surface area contributed by atoms with E-state index in [2.05, 4.69) is 5.32 Å². The molecule has 0 spiro atoms. The Hall–Kier alpha value is -1.26. The molecular formula is C13H17ClN2O2. The lowest BCUT2D eigenvalue weighted by Crippen LogP contribution is -2.44. The SMILES string of the molecule is CC1CCC(C(Nc2cccc(Cl)c2)C(N)=O)O1. The molecule has 1 amide bonds. The summed E-state index contributed by atoms with van der Waals surface area (Å²) in [7, 11) is 0. The second-order valence-electron chi connectivity index (χ2n) is 4.60. The third-order valence-corrected chi connectivity index (χ3v) is 3.33. The first kappa shape index (κ1) is 13.2. The van der Waals surface area contributed by atoms with Crippen molar-refractivity contribution in [2.24, 2.45) is 5.73 Å². The van der Waals surface area contributed by atoms with Crippen LogP contribution in [0.2, 0.25) is 5.02 Å². The van der Waals surface area contributed by atoms with Crippen molar-refractivity contribution < 1.29 is 9.53 Å². The molecule has 3 atom stereocenters. The fraction of sp³-hybridized carbons (Fsp3) is 0.462. The van der Waals surface area contributed by atoms with Crippen LogP contribution in [0.1, 0.15) is 19.8 Å². The molecule has 1 saturated heterocycles. The second-order valence-corrected chi connectivity index (χ2v) is 5.03. The lowest BCUT2D eigenvalue weighted by Gasteiger charge is -2.23. The molecule has 18 heavy (non-hydrogen) atoms. The lowest BCUT2D eigenvalue weighted by atomic mass is 10.1. The quantitative estimate of drug-likeness (QED) is 0.880. The molecule has 0 bridgehead atoms. The molecule has 1 fully saturated rings. The number of halogens is 1. The maximum atomic E-state index is 11.5. The topological polar surface area (TPSA) is 64.3 Å². The van der Waals surface area contributed by atoms with Crippen molar-refractivity contribution in [2.45, 2.75) is 38.0 Å². The Morgan fingerprint density at radius 1 is 1.56 bits per heavy atom. The van der Waals surface area contributed by atoms with Crippen LogP contribution in [-0.2, 0) is 9.53 Å². The number of ether oxygens (including phenoxy) is 1. The number of amides is 1. The number of nitrogens with one attached hydrogen (secondary N) is 1. The maximum Gasteiger partial charge on any atom is 0.242 e. The number of anilines is 1. The van der Waals surface area contributed by atoms with E-state index in [0.717, 1.165) is 18.5 Å². The Morgan fingerprint density at radius 3 is 2.89 bits per heavy atom. The summed E-state index contributed by atoms with van der Waals surface area (Å²) in [5, 5.41) is 3.71. The predicted molar refractivity (Wildman–Crippen MR) is 71.6 cm³/mol. The highest BCUT2D eigenvalue weighted by Crippen LogP contribution is 2.24. The summed E-state index contributed by atoms with van der Waals surface area (Å²) in [4.78, 5) is 11.5. The van der Waals surface area contributed by atoms with E-state index in [1.165, 1.54) is 0 Å². The number of benzene rings is 1. The van der Waals surface area contributed by atoms with Crippen molar-refractivity contribution >= 4 is 23.2 Å². The number of hydrogen-bond donors (Lipinski definition) is 2. The van der Waals surface area contributed by atoms with E-state index in [9.17, 15) is 4.79 Å². The number of primary amides is 1. The minimum absolute atomic E-state index is 0.170. The summed E-state index contributed by atoms with van der Waals surface area (Å²) in [6.07, 6.45) is 1.79. The third kappa shape index (κ3) is 3.15. The molecule has 1 aromatic carbocycles. The van der Waals surface area contributed by atoms with Gasteiger partial charge in [0.15, 0.2) is 0 Å². The summed E-state index contributed by atoms with van der Waals surface area (Å²) in [6.45, 7) is 2.00. The van der Waals surface area contributed by atoms with E-state index in [1.54, 1.807) is 12.1 Å². The minimum atomic E-state index is -0.520. The molecule has 1 aromatic rings. The summed E-state index contributed by atoms with van der Waals surface area (Å²) >= 11 is 5.90. The number of carbonyl (C=O) groups is 1. The first-order chi connectivity index (χ1) is 8.56. The van der Waals surface area contributed by atoms with Crippen LogP contribution < -0.4 is 11.1 Å². The molecule has 2 rings (SSSR count).